The van der Waals surface area contributed by atoms with Gasteiger partial charge in [0.15, 0.2) is 0 Å². The highest BCUT2D eigenvalue weighted by atomic mass is 32.1. The molecule has 0 saturated heterocycles. The Morgan fingerprint density at radius 2 is 1.95 bits per heavy atom. The van der Waals surface area contributed by atoms with E-state index in [1.54, 1.807) is 11.3 Å². The number of hydrogen-bond acceptors (Lipinski definition) is 3. The monoisotopic (exact) mass is 302 g/mol. The standard InChI is InChI=1S/C17H22N2OS/c1-3-18-12-13(2)17(20)19-16(15-10-7-11-21-15)14-8-5-4-6-9-14/h4-11,13,16,18H,3,12H2,1-2H3,(H,19,20). The molecule has 0 bridgehead atoms. The van der Waals surface area contributed by atoms with Gasteiger partial charge in [-0.05, 0) is 23.6 Å². The fraction of sp³-hybridized carbons (Fsp3) is 0.353. The zero-order valence-corrected chi connectivity index (χ0v) is 13.3. The van der Waals surface area contributed by atoms with Crippen molar-refractivity contribution >= 4 is 17.2 Å². The van der Waals surface area contributed by atoms with Crippen LogP contribution in [0.2, 0.25) is 0 Å². The van der Waals surface area contributed by atoms with Crippen LogP contribution in [0.1, 0.15) is 30.3 Å². The van der Waals surface area contributed by atoms with Crippen LogP contribution in [0, 0.1) is 5.92 Å². The molecule has 1 aromatic carbocycles. The molecule has 2 aromatic rings. The topological polar surface area (TPSA) is 41.1 Å². The van der Waals surface area contributed by atoms with E-state index in [1.807, 2.05) is 43.5 Å². The quantitative estimate of drug-likeness (QED) is 0.824. The number of carbonyl (C=O) groups is 1. The molecular formula is C17H22N2OS. The minimum absolute atomic E-state index is 0.0453. The third-order valence-corrected chi connectivity index (χ3v) is 4.33. The number of amides is 1. The Labute approximate surface area is 130 Å². The summed E-state index contributed by atoms with van der Waals surface area (Å²) in [7, 11) is 0. The summed E-state index contributed by atoms with van der Waals surface area (Å²) in [5, 5.41) is 8.44. The maximum absolute atomic E-state index is 12.4. The van der Waals surface area contributed by atoms with Crippen molar-refractivity contribution in [3.8, 4) is 0 Å². The Kier molecular flexibility index (Phi) is 5.96. The van der Waals surface area contributed by atoms with E-state index in [0.29, 0.717) is 6.54 Å². The van der Waals surface area contributed by atoms with Gasteiger partial charge >= 0.3 is 0 Å². The molecule has 0 spiro atoms. The third kappa shape index (κ3) is 4.41. The van der Waals surface area contributed by atoms with Crippen LogP contribution in [-0.4, -0.2) is 19.0 Å². The highest BCUT2D eigenvalue weighted by Crippen LogP contribution is 2.26. The molecule has 2 atom stereocenters. The molecule has 1 heterocycles. The van der Waals surface area contributed by atoms with Crippen LogP contribution < -0.4 is 10.6 Å². The predicted molar refractivity (Wildman–Crippen MR) is 88.5 cm³/mol. The van der Waals surface area contributed by atoms with Gasteiger partial charge in [-0.1, -0.05) is 50.2 Å². The Hall–Kier alpha value is -1.65. The molecule has 2 N–H and O–H groups in total. The van der Waals surface area contributed by atoms with E-state index in [1.165, 1.54) is 0 Å². The number of rotatable bonds is 7. The lowest BCUT2D eigenvalue weighted by Crippen LogP contribution is -2.37. The van der Waals surface area contributed by atoms with E-state index < -0.39 is 0 Å². The summed E-state index contributed by atoms with van der Waals surface area (Å²) in [5.74, 6) is 0.0364. The van der Waals surface area contributed by atoms with Gasteiger partial charge in [-0.3, -0.25) is 4.79 Å². The first-order valence-electron chi connectivity index (χ1n) is 7.31. The van der Waals surface area contributed by atoms with Crippen LogP contribution in [0.4, 0.5) is 0 Å². The number of benzene rings is 1. The summed E-state index contributed by atoms with van der Waals surface area (Å²) in [5.41, 5.74) is 1.11. The van der Waals surface area contributed by atoms with Crippen molar-refractivity contribution in [2.45, 2.75) is 19.9 Å². The van der Waals surface area contributed by atoms with Crippen LogP contribution in [0.5, 0.6) is 0 Å². The van der Waals surface area contributed by atoms with Gasteiger partial charge in [-0.2, -0.15) is 0 Å². The fourth-order valence-corrected chi connectivity index (χ4v) is 2.96. The Morgan fingerprint density at radius 1 is 1.19 bits per heavy atom. The van der Waals surface area contributed by atoms with Gasteiger partial charge in [0.25, 0.3) is 0 Å². The van der Waals surface area contributed by atoms with Crippen LogP contribution in [0.25, 0.3) is 0 Å². The second-order valence-electron chi connectivity index (χ2n) is 5.08. The fourth-order valence-electron chi connectivity index (χ4n) is 2.16. The second kappa shape index (κ2) is 7.96. The van der Waals surface area contributed by atoms with Gasteiger partial charge in [-0.15, -0.1) is 11.3 Å². The van der Waals surface area contributed by atoms with E-state index in [4.69, 9.17) is 0 Å². The summed E-state index contributed by atoms with van der Waals surface area (Å²) >= 11 is 1.67. The molecule has 0 aliphatic heterocycles. The molecule has 0 aliphatic carbocycles. The summed E-state index contributed by atoms with van der Waals surface area (Å²) < 4.78 is 0. The number of carbonyl (C=O) groups excluding carboxylic acids is 1. The maximum Gasteiger partial charge on any atom is 0.224 e. The van der Waals surface area contributed by atoms with Crippen molar-refractivity contribution < 1.29 is 4.79 Å². The van der Waals surface area contributed by atoms with Gasteiger partial charge in [0.1, 0.15) is 0 Å². The van der Waals surface area contributed by atoms with Crippen molar-refractivity contribution in [1.82, 2.24) is 10.6 Å². The van der Waals surface area contributed by atoms with Crippen molar-refractivity contribution in [1.29, 1.82) is 0 Å². The third-order valence-electron chi connectivity index (χ3n) is 3.40. The summed E-state index contributed by atoms with van der Waals surface area (Å²) in [6.07, 6.45) is 0. The lowest BCUT2D eigenvalue weighted by molar-refractivity contribution is -0.124. The minimum atomic E-state index is -0.0669. The van der Waals surface area contributed by atoms with Gasteiger partial charge in [0.2, 0.25) is 5.91 Å². The van der Waals surface area contributed by atoms with E-state index in [0.717, 1.165) is 17.0 Å². The first-order chi connectivity index (χ1) is 10.2. The van der Waals surface area contributed by atoms with Gasteiger partial charge in [-0.25, -0.2) is 0 Å². The number of nitrogens with one attached hydrogen (secondary N) is 2. The van der Waals surface area contributed by atoms with Crippen LogP contribution in [-0.2, 0) is 4.79 Å². The molecule has 2 unspecified atom stereocenters. The van der Waals surface area contributed by atoms with Gasteiger partial charge < -0.3 is 10.6 Å². The Morgan fingerprint density at radius 3 is 2.57 bits per heavy atom. The van der Waals surface area contributed by atoms with Crippen LogP contribution in [0.3, 0.4) is 0 Å². The van der Waals surface area contributed by atoms with Gasteiger partial charge in [0, 0.05) is 17.3 Å². The van der Waals surface area contributed by atoms with Crippen LogP contribution in [0.15, 0.2) is 47.8 Å². The van der Waals surface area contributed by atoms with E-state index in [2.05, 4.69) is 28.8 Å². The molecule has 1 aromatic heterocycles. The molecule has 112 valence electrons. The number of thiophene rings is 1. The van der Waals surface area contributed by atoms with Crippen molar-refractivity contribution in [3.05, 3.63) is 58.3 Å². The first-order valence-corrected chi connectivity index (χ1v) is 8.19. The number of hydrogen-bond donors (Lipinski definition) is 2. The average molecular weight is 302 g/mol. The molecule has 0 saturated carbocycles. The van der Waals surface area contributed by atoms with Crippen molar-refractivity contribution in [2.24, 2.45) is 5.92 Å². The maximum atomic E-state index is 12.4. The average Bonchev–Trinajstić information content (AvgIpc) is 3.04. The molecule has 0 radical (unpaired) electrons. The summed E-state index contributed by atoms with van der Waals surface area (Å²) in [4.78, 5) is 13.5. The normalized spacial score (nSPS) is 13.6. The van der Waals surface area contributed by atoms with E-state index in [-0.39, 0.29) is 17.9 Å². The second-order valence-corrected chi connectivity index (χ2v) is 6.06. The van der Waals surface area contributed by atoms with Crippen molar-refractivity contribution in [2.75, 3.05) is 13.1 Å². The zero-order valence-electron chi connectivity index (χ0n) is 12.5. The minimum Gasteiger partial charge on any atom is -0.344 e. The Bertz CT molecular complexity index is 539. The predicted octanol–water partition coefficient (Wildman–Crippen LogP) is 3.20. The zero-order chi connectivity index (χ0) is 15.1. The highest BCUT2D eigenvalue weighted by Gasteiger charge is 2.20. The van der Waals surface area contributed by atoms with Gasteiger partial charge in [0.05, 0.1) is 6.04 Å². The lowest BCUT2D eigenvalue weighted by atomic mass is 10.0. The summed E-state index contributed by atoms with van der Waals surface area (Å²) in [6.45, 7) is 5.58. The molecule has 4 heteroatoms. The molecule has 3 nitrogen and oxygen atoms in total. The SMILES string of the molecule is CCNCC(C)C(=O)NC(c1ccccc1)c1cccs1. The largest absolute Gasteiger partial charge is 0.344 e. The molecule has 21 heavy (non-hydrogen) atoms. The van der Waals surface area contributed by atoms with Crippen LogP contribution >= 0.6 is 11.3 Å². The Balaban J connectivity index is 2.12. The highest BCUT2D eigenvalue weighted by molar-refractivity contribution is 7.10. The molecular weight excluding hydrogens is 280 g/mol. The molecule has 0 aliphatic rings. The molecule has 2 rings (SSSR count). The molecule has 1 amide bonds. The van der Waals surface area contributed by atoms with E-state index in [9.17, 15) is 4.79 Å². The first kappa shape index (κ1) is 15.7. The smallest absolute Gasteiger partial charge is 0.224 e. The summed E-state index contributed by atoms with van der Waals surface area (Å²) in [6, 6.07) is 14.1. The van der Waals surface area contributed by atoms with E-state index >= 15 is 0 Å². The van der Waals surface area contributed by atoms with Crippen molar-refractivity contribution in [3.63, 3.8) is 0 Å². The molecule has 0 fully saturated rings. The lowest BCUT2D eigenvalue weighted by Gasteiger charge is -2.21.